The number of pyridine rings is 2. The Hall–Kier alpha value is -1.94. The number of hydrogen-bond acceptors (Lipinski definition) is 4. The van der Waals surface area contributed by atoms with Crippen LogP contribution < -0.4 is 4.90 Å². The average molecular weight is 268 g/mol. The Balaban J connectivity index is 1.80. The standard InChI is InChI=1S/C16H20N4/c1-13-4-3-7-17-16(13)14-5-6-15(18-12-14)20-10-8-19(2)9-11-20/h3-7,12H,8-11H2,1-2H3. The summed E-state index contributed by atoms with van der Waals surface area (Å²) in [6, 6.07) is 8.27. The van der Waals surface area contributed by atoms with Gasteiger partial charge in [0.05, 0.1) is 5.69 Å². The van der Waals surface area contributed by atoms with E-state index in [0.29, 0.717) is 0 Å². The van der Waals surface area contributed by atoms with Crippen molar-refractivity contribution in [3.05, 3.63) is 42.2 Å². The summed E-state index contributed by atoms with van der Waals surface area (Å²) in [5.41, 5.74) is 3.28. The Morgan fingerprint density at radius 2 is 1.80 bits per heavy atom. The highest BCUT2D eigenvalue weighted by Crippen LogP contribution is 2.22. The van der Waals surface area contributed by atoms with Gasteiger partial charge in [-0.25, -0.2) is 4.98 Å². The molecular formula is C16H20N4. The maximum absolute atomic E-state index is 4.61. The summed E-state index contributed by atoms with van der Waals surface area (Å²) < 4.78 is 0. The van der Waals surface area contributed by atoms with Crippen LogP contribution >= 0.6 is 0 Å². The molecule has 20 heavy (non-hydrogen) atoms. The third kappa shape index (κ3) is 2.65. The molecule has 1 aliphatic heterocycles. The van der Waals surface area contributed by atoms with Gasteiger partial charge in [-0.2, -0.15) is 0 Å². The predicted octanol–water partition coefficient (Wildman–Crippen LogP) is 2.20. The van der Waals surface area contributed by atoms with Crippen LogP contribution in [-0.4, -0.2) is 48.1 Å². The summed E-state index contributed by atoms with van der Waals surface area (Å²) in [5, 5.41) is 0. The minimum atomic E-state index is 1.02. The van der Waals surface area contributed by atoms with E-state index in [1.807, 2.05) is 18.5 Å². The van der Waals surface area contributed by atoms with Crippen LogP contribution in [0, 0.1) is 6.92 Å². The van der Waals surface area contributed by atoms with Gasteiger partial charge in [0.1, 0.15) is 5.82 Å². The van der Waals surface area contributed by atoms with Crippen LogP contribution in [0.5, 0.6) is 0 Å². The molecule has 1 fully saturated rings. The van der Waals surface area contributed by atoms with E-state index < -0.39 is 0 Å². The molecule has 0 amide bonds. The molecule has 4 nitrogen and oxygen atoms in total. The zero-order valence-electron chi connectivity index (χ0n) is 12.1. The van der Waals surface area contributed by atoms with Gasteiger partial charge >= 0.3 is 0 Å². The van der Waals surface area contributed by atoms with Crippen molar-refractivity contribution in [2.45, 2.75) is 6.92 Å². The van der Waals surface area contributed by atoms with E-state index in [2.05, 4.69) is 51.9 Å². The highest BCUT2D eigenvalue weighted by atomic mass is 15.3. The third-order valence-electron chi connectivity index (χ3n) is 3.86. The zero-order chi connectivity index (χ0) is 13.9. The molecule has 3 rings (SSSR count). The van der Waals surface area contributed by atoms with Crippen LogP contribution in [0.15, 0.2) is 36.7 Å². The van der Waals surface area contributed by atoms with Gasteiger partial charge in [0.2, 0.25) is 0 Å². The van der Waals surface area contributed by atoms with Gasteiger partial charge < -0.3 is 9.80 Å². The van der Waals surface area contributed by atoms with Gasteiger partial charge in [0, 0.05) is 44.1 Å². The van der Waals surface area contributed by atoms with Crippen molar-refractivity contribution in [3.8, 4) is 11.3 Å². The second kappa shape index (κ2) is 5.59. The van der Waals surface area contributed by atoms with Crippen molar-refractivity contribution in [2.75, 3.05) is 38.1 Å². The summed E-state index contributed by atoms with van der Waals surface area (Å²) in [6.07, 6.45) is 3.76. The van der Waals surface area contributed by atoms with E-state index in [0.717, 1.165) is 43.3 Å². The number of piperazine rings is 1. The fourth-order valence-electron chi connectivity index (χ4n) is 2.54. The third-order valence-corrected chi connectivity index (χ3v) is 3.86. The Kier molecular flexibility index (Phi) is 3.65. The normalized spacial score (nSPS) is 16.4. The molecule has 3 heterocycles. The molecule has 1 aliphatic rings. The quantitative estimate of drug-likeness (QED) is 0.836. The maximum atomic E-state index is 4.61. The molecule has 1 saturated heterocycles. The minimum Gasteiger partial charge on any atom is -0.354 e. The smallest absolute Gasteiger partial charge is 0.128 e. The molecule has 0 aliphatic carbocycles. The molecule has 104 valence electrons. The molecule has 4 heteroatoms. The van der Waals surface area contributed by atoms with Crippen molar-refractivity contribution in [1.29, 1.82) is 0 Å². The number of likely N-dealkylation sites (N-methyl/N-ethyl adjacent to an activating group) is 1. The van der Waals surface area contributed by atoms with Crippen LogP contribution in [0.25, 0.3) is 11.3 Å². The van der Waals surface area contributed by atoms with Crippen molar-refractivity contribution in [1.82, 2.24) is 14.9 Å². The lowest BCUT2D eigenvalue weighted by molar-refractivity contribution is 0.312. The summed E-state index contributed by atoms with van der Waals surface area (Å²) in [7, 11) is 2.16. The molecule has 0 aromatic carbocycles. The first-order valence-corrected chi connectivity index (χ1v) is 7.05. The van der Waals surface area contributed by atoms with Crippen LogP contribution in [-0.2, 0) is 0 Å². The number of nitrogens with zero attached hydrogens (tertiary/aromatic N) is 4. The SMILES string of the molecule is Cc1cccnc1-c1ccc(N2CCN(C)CC2)nc1. The lowest BCUT2D eigenvalue weighted by Gasteiger charge is -2.33. The Morgan fingerprint density at radius 3 is 2.45 bits per heavy atom. The Morgan fingerprint density at radius 1 is 1.00 bits per heavy atom. The molecule has 0 radical (unpaired) electrons. The number of anilines is 1. The molecule has 0 unspecified atom stereocenters. The lowest BCUT2D eigenvalue weighted by atomic mass is 10.1. The first-order chi connectivity index (χ1) is 9.74. The van der Waals surface area contributed by atoms with Crippen molar-refractivity contribution in [2.24, 2.45) is 0 Å². The van der Waals surface area contributed by atoms with Crippen LogP contribution in [0.4, 0.5) is 5.82 Å². The van der Waals surface area contributed by atoms with E-state index >= 15 is 0 Å². The summed E-state index contributed by atoms with van der Waals surface area (Å²) in [4.78, 5) is 13.7. The van der Waals surface area contributed by atoms with Gasteiger partial charge in [-0.1, -0.05) is 6.07 Å². The van der Waals surface area contributed by atoms with Crippen LogP contribution in [0.2, 0.25) is 0 Å². The van der Waals surface area contributed by atoms with Gasteiger partial charge in [-0.05, 0) is 37.7 Å². The molecule has 0 N–H and O–H groups in total. The molecule has 0 atom stereocenters. The fourth-order valence-corrected chi connectivity index (χ4v) is 2.54. The van der Waals surface area contributed by atoms with Crippen molar-refractivity contribution in [3.63, 3.8) is 0 Å². The van der Waals surface area contributed by atoms with Gasteiger partial charge in [-0.15, -0.1) is 0 Å². The first-order valence-electron chi connectivity index (χ1n) is 7.05. The molecule has 2 aromatic rings. The van der Waals surface area contributed by atoms with E-state index in [1.165, 1.54) is 5.56 Å². The van der Waals surface area contributed by atoms with Gasteiger partial charge in [-0.3, -0.25) is 4.98 Å². The minimum absolute atomic E-state index is 1.02. The Bertz CT molecular complexity index is 571. The monoisotopic (exact) mass is 268 g/mol. The summed E-state index contributed by atoms with van der Waals surface area (Å²) in [5.74, 6) is 1.07. The zero-order valence-corrected chi connectivity index (χ0v) is 12.1. The number of rotatable bonds is 2. The average Bonchev–Trinajstić information content (AvgIpc) is 2.49. The molecule has 0 saturated carbocycles. The largest absolute Gasteiger partial charge is 0.354 e. The van der Waals surface area contributed by atoms with E-state index in [-0.39, 0.29) is 0 Å². The Labute approximate surface area is 120 Å². The lowest BCUT2D eigenvalue weighted by Crippen LogP contribution is -2.44. The first kappa shape index (κ1) is 13.1. The van der Waals surface area contributed by atoms with Crippen molar-refractivity contribution < 1.29 is 0 Å². The summed E-state index contributed by atoms with van der Waals surface area (Å²) >= 11 is 0. The molecule has 0 bridgehead atoms. The maximum Gasteiger partial charge on any atom is 0.128 e. The second-order valence-corrected chi connectivity index (χ2v) is 5.36. The van der Waals surface area contributed by atoms with Crippen LogP contribution in [0.1, 0.15) is 5.56 Å². The second-order valence-electron chi connectivity index (χ2n) is 5.36. The highest BCUT2D eigenvalue weighted by Gasteiger charge is 2.15. The number of hydrogen-bond donors (Lipinski definition) is 0. The molecule has 2 aromatic heterocycles. The fraction of sp³-hybridized carbons (Fsp3) is 0.375. The molecule has 0 spiro atoms. The highest BCUT2D eigenvalue weighted by molar-refractivity contribution is 5.63. The topological polar surface area (TPSA) is 32.3 Å². The molecular weight excluding hydrogens is 248 g/mol. The van der Waals surface area contributed by atoms with E-state index in [9.17, 15) is 0 Å². The van der Waals surface area contributed by atoms with E-state index in [1.54, 1.807) is 0 Å². The van der Waals surface area contributed by atoms with Crippen molar-refractivity contribution >= 4 is 5.82 Å². The number of aryl methyl sites for hydroxylation is 1. The summed E-state index contributed by atoms with van der Waals surface area (Å²) in [6.45, 7) is 6.37. The van der Waals surface area contributed by atoms with E-state index in [4.69, 9.17) is 0 Å². The predicted molar refractivity (Wildman–Crippen MR) is 81.9 cm³/mol. The van der Waals surface area contributed by atoms with Gasteiger partial charge in [0.25, 0.3) is 0 Å². The van der Waals surface area contributed by atoms with Gasteiger partial charge in [0.15, 0.2) is 0 Å². The number of aromatic nitrogens is 2. The van der Waals surface area contributed by atoms with Crippen LogP contribution in [0.3, 0.4) is 0 Å².